The molecule has 2 unspecified atom stereocenters. The van der Waals surface area contributed by atoms with Crippen LogP contribution in [0.2, 0.25) is 0 Å². The first kappa shape index (κ1) is 15.2. The van der Waals surface area contributed by atoms with Crippen molar-refractivity contribution in [3.63, 3.8) is 0 Å². The summed E-state index contributed by atoms with van der Waals surface area (Å²) in [4.78, 5) is 2.57. The Morgan fingerprint density at radius 1 is 1.26 bits per heavy atom. The molecule has 0 radical (unpaired) electrons. The van der Waals surface area contributed by atoms with Crippen molar-refractivity contribution in [2.75, 3.05) is 26.3 Å². The van der Waals surface area contributed by atoms with Crippen molar-refractivity contribution >= 4 is 0 Å². The third-order valence-corrected chi connectivity index (χ3v) is 4.61. The summed E-state index contributed by atoms with van der Waals surface area (Å²) >= 11 is 0. The molecule has 0 aromatic heterocycles. The second-order valence-electron chi connectivity index (χ2n) is 6.14. The summed E-state index contributed by atoms with van der Waals surface area (Å²) in [7, 11) is 0. The molecule has 2 rings (SSSR count). The van der Waals surface area contributed by atoms with Crippen LogP contribution in [0.5, 0.6) is 0 Å². The minimum absolute atomic E-state index is 0.0205. The Morgan fingerprint density at radius 3 is 2.63 bits per heavy atom. The number of aliphatic hydroxyl groups excluding tert-OH is 1. The highest BCUT2D eigenvalue weighted by Gasteiger charge is 2.33. The Hall–Kier alpha value is -0.160. The minimum atomic E-state index is 0.0205. The van der Waals surface area contributed by atoms with Crippen LogP contribution in [0.15, 0.2) is 0 Å². The highest BCUT2D eigenvalue weighted by Crippen LogP contribution is 2.27. The van der Waals surface area contributed by atoms with Gasteiger partial charge in [0.05, 0.1) is 19.3 Å². The van der Waals surface area contributed by atoms with Crippen LogP contribution in [0, 0.1) is 0 Å². The Balaban J connectivity index is 1.79. The fraction of sp³-hybridized carbons (Fsp3) is 1.00. The molecule has 4 nitrogen and oxygen atoms in total. The second kappa shape index (κ2) is 7.58. The highest BCUT2D eigenvalue weighted by molar-refractivity contribution is 4.88. The summed E-state index contributed by atoms with van der Waals surface area (Å²) in [6.07, 6.45) is 6.39. The maximum absolute atomic E-state index is 9.27. The largest absolute Gasteiger partial charge is 0.394 e. The predicted molar refractivity (Wildman–Crippen MR) is 77.3 cm³/mol. The molecule has 0 spiro atoms. The monoisotopic (exact) mass is 270 g/mol. The quantitative estimate of drug-likeness (QED) is 0.792. The van der Waals surface area contributed by atoms with Gasteiger partial charge in [0, 0.05) is 24.7 Å². The van der Waals surface area contributed by atoms with Crippen LogP contribution in [0.3, 0.4) is 0 Å². The number of hydrogen-bond donors (Lipinski definition) is 2. The van der Waals surface area contributed by atoms with E-state index < -0.39 is 0 Å². The van der Waals surface area contributed by atoms with Crippen LogP contribution < -0.4 is 5.32 Å². The van der Waals surface area contributed by atoms with Crippen LogP contribution in [-0.2, 0) is 4.74 Å². The van der Waals surface area contributed by atoms with Crippen molar-refractivity contribution < 1.29 is 9.84 Å². The van der Waals surface area contributed by atoms with Crippen LogP contribution in [0.4, 0.5) is 0 Å². The average Bonchev–Trinajstić information content (AvgIpc) is 2.46. The van der Waals surface area contributed by atoms with Gasteiger partial charge < -0.3 is 15.2 Å². The summed E-state index contributed by atoms with van der Waals surface area (Å²) in [5.41, 5.74) is 0. The molecular formula is C15H30N2O2. The number of ether oxygens (including phenoxy) is 1. The van der Waals surface area contributed by atoms with Crippen molar-refractivity contribution in [2.24, 2.45) is 0 Å². The van der Waals surface area contributed by atoms with E-state index in [9.17, 15) is 5.11 Å². The Morgan fingerprint density at radius 2 is 2.00 bits per heavy atom. The Bertz CT molecular complexity index is 255. The molecule has 0 bridgehead atoms. The predicted octanol–water partition coefficient (Wildman–Crippen LogP) is 1.38. The number of nitrogens with one attached hydrogen (secondary N) is 1. The van der Waals surface area contributed by atoms with E-state index in [0.717, 1.165) is 25.7 Å². The summed E-state index contributed by atoms with van der Waals surface area (Å²) in [6.45, 7) is 7.43. The normalized spacial score (nSPS) is 37.4. The smallest absolute Gasteiger partial charge is 0.0933 e. The van der Waals surface area contributed by atoms with E-state index in [1.54, 1.807) is 0 Å². The van der Waals surface area contributed by atoms with E-state index in [-0.39, 0.29) is 12.7 Å². The molecule has 2 atom stereocenters. The zero-order chi connectivity index (χ0) is 13.7. The topological polar surface area (TPSA) is 44.7 Å². The van der Waals surface area contributed by atoms with Crippen molar-refractivity contribution in [2.45, 2.75) is 70.2 Å². The van der Waals surface area contributed by atoms with Crippen LogP contribution in [0.25, 0.3) is 0 Å². The van der Waals surface area contributed by atoms with Gasteiger partial charge in [-0.15, -0.1) is 0 Å². The SMILES string of the molecule is CCCNC1CCC(N2CC(CO)OCC2C)CC1. The molecule has 1 saturated carbocycles. The van der Waals surface area contributed by atoms with E-state index in [2.05, 4.69) is 24.1 Å². The minimum Gasteiger partial charge on any atom is -0.394 e. The van der Waals surface area contributed by atoms with Crippen LogP contribution in [0.1, 0.15) is 46.0 Å². The summed E-state index contributed by atoms with van der Waals surface area (Å²) in [5.74, 6) is 0. The van der Waals surface area contributed by atoms with Gasteiger partial charge in [-0.05, 0) is 45.6 Å². The van der Waals surface area contributed by atoms with Gasteiger partial charge in [0.2, 0.25) is 0 Å². The van der Waals surface area contributed by atoms with E-state index in [1.807, 2.05) is 0 Å². The first-order valence-corrected chi connectivity index (χ1v) is 7.96. The molecule has 1 heterocycles. The third-order valence-electron chi connectivity index (χ3n) is 4.61. The average molecular weight is 270 g/mol. The Kier molecular flexibility index (Phi) is 6.07. The number of hydrogen-bond acceptors (Lipinski definition) is 4. The van der Waals surface area contributed by atoms with Crippen molar-refractivity contribution in [1.29, 1.82) is 0 Å². The lowest BCUT2D eigenvalue weighted by Gasteiger charge is -2.44. The Labute approximate surface area is 117 Å². The van der Waals surface area contributed by atoms with E-state index in [1.165, 1.54) is 32.1 Å². The molecule has 1 aliphatic heterocycles. The second-order valence-corrected chi connectivity index (χ2v) is 6.14. The maximum Gasteiger partial charge on any atom is 0.0933 e. The molecule has 2 N–H and O–H groups in total. The van der Waals surface area contributed by atoms with Gasteiger partial charge in [0.15, 0.2) is 0 Å². The van der Waals surface area contributed by atoms with Crippen molar-refractivity contribution in [1.82, 2.24) is 10.2 Å². The molecular weight excluding hydrogens is 240 g/mol. The van der Waals surface area contributed by atoms with Crippen molar-refractivity contribution in [3.8, 4) is 0 Å². The molecule has 4 heteroatoms. The summed E-state index contributed by atoms with van der Waals surface area (Å²) in [6, 6.07) is 1.90. The molecule has 0 aromatic rings. The fourth-order valence-corrected chi connectivity index (χ4v) is 3.42. The maximum atomic E-state index is 9.27. The molecule has 0 amide bonds. The molecule has 112 valence electrons. The van der Waals surface area contributed by atoms with Gasteiger partial charge in [-0.25, -0.2) is 0 Å². The van der Waals surface area contributed by atoms with Gasteiger partial charge in [-0.1, -0.05) is 6.92 Å². The van der Waals surface area contributed by atoms with Gasteiger partial charge in [-0.3, -0.25) is 4.90 Å². The molecule has 1 aliphatic carbocycles. The van der Waals surface area contributed by atoms with Gasteiger partial charge in [-0.2, -0.15) is 0 Å². The number of rotatable bonds is 5. The lowest BCUT2D eigenvalue weighted by Crippen LogP contribution is -2.55. The van der Waals surface area contributed by atoms with Crippen LogP contribution in [-0.4, -0.2) is 60.5 Å². The molecule has 0 aromatic carbocycles. The zero-order valence-electron chi connectivity index (χ0n) is 12.5. The molecule has 1 saturated heterocycles. The lowest BCUT2D eigenvalue weighted by molar-refractivity contribution is -0.0955. The van der Waals surface area contributed by atoms with Crippen molar-refractivity contribution in [3.05, 3.63) is 0 Å². The van der Waals surface area contributed by atoms with Gasteiger partial charge in [0.25, 0.3) is 0 Å². The number of aliphatic hydroxyl groups is 1. The summed E-state index contributed by atoms with van der Waals surface area (Å²) in [5, 5.41) is 12.9. The highest BCUT2D eigenvalue weighted by atomic mass is 16.5. The zero-order valence-corrected chi connectivity index (χ0v) is 12.5. The summed E-state index contributed by atoms with van der Waals surface area (Å²) < 4.78 is 5.63. The number of morpholine rings is 1. The fourth-order valence-electron chi connectivity index (χ4n) is 3.42. The molecule has 19 heavy (non-hydrogen) atoms. The molecule has 2 aliphatic rings. The van der Waals surface area contributed by atoms with E-state index in [0.29, 0.717) is 12.1 Å². The van der Waals surface area contributed by atoms with Gasteiger partial charge >= 0.3 is 0 Å². The van der Waals surface area contributed by atoms with Crippen LogP contribution >= 0.6 is 0 Å². The lowest BCUT2D eigenvalue weighted by atomic mass is 9.89. The third kappa shape index (κ3) is 4.15. The first-order valence-electron chi connectivity index (χ1n) is 7.96. The van der Waals surface area contributed by atoms with Gasteiger partial charge in [0.1, 0.15) is 0 Å². The molecule has 2 fully saturated rings. The van der Waals surface area contributed by atoms with E-state index >= 15 is 0 Å². The first-order chi connectivity index (χ1) is 9.24. The standard InChI is InChI=1S/C15H30N2O2/c1-3-8-16-13-4-6-14(7-5-13)17-9-15(10-18)19-11-12(17)2/h12-16,18H,3-11H2,1-2H3. The number of nitrogens with zero attached hydrogens (tertiary/aromatic N) is 1. The van der Waals surface area contributed by atoms with E-state index in [4.69, 9.17) is 4.74 Å².